The number of nitrogens with zero attached hydrogens (tertiary/aromatic N) is 3. The molecule has 1 fully saturated rings. The lowest BCUT2D eigenvalue weighted by atomic mass is 10.2. The fourth-order valence-electron chi connectivity index (χ4n) is 3.24. The largest absolute Gasteiger partial charge is 0.492 e. The molecule has 3 rings (SSSR count). The first-order valence-electron chi connectivity index (χ1n) is 8.81. The molecule has 7 nitrogen and oxygen atoms in total. The molecule has 1 saturated heterocycles. The maximum Gasteiger partial charge on any atom is 0.246 e. The van der Waals surface area contributed by atoms with Crippen molar-refractivity contribution in [3.8, 4) is 5.75 Å². The van der Waals surface area contributed by atoms with Crippen LogP contribution in [0.5, 0.6) is 5.75 Å². The number of aromatic amines is 1. The third-order valence-electron chi connectivity index (χ3n) is 4.66. The van der Waals surface area contributed by atoms with Crippen LogP contribution >= 0.6 is 0 Å². The van der Waals surface area contributed by atoms with Gasteiger partial charge in [-0.3, -0.25) is 10.00 Å². The van der Waals surface area contributed by atoms with Crippen molar-refractivity contribution in [1.29, 1.82) is 0 Å². The molecule has 0 aliphatic carbocycles. The molecular formula is C18H26N4O3S. The fraction of sp³-hybridized carbons (Fsp3) is 0.500. The summed E-state index contributed by atoms with van der Waals surface area (Å²) in [4.78, 5) is 2.55. The van der Waals surface area contributed by atoms with Gasteiger partial charge in [0.1, 0.15) is 17.3 Å². The van der Waals surface area contributed by atoms with Gasteiger partial charge < -0.3 is 4.74 Å². The minimum absolute atomic E-state index is 0.314. The molecule has 0 unspecified atom stereocenters. The highest BCUT2D eigenvalue weighted by molar-refractivity contribution is 7.89. The van der Waals surface area contributed by atoms with Crippen LogP contribution in [0.3, 0.4) is 0 Å². The maximum absolute atomic E-state index is 12.9. The predicted molar refractivity (Wildman–Crippen MR) is 99.9 cm³/mol. The highest BCUT2D eigenvalue weighted by Gasteiger charge is 2.32. The molecule has 0 bridgehead atoms. The second-order valence-electron chi connectivity index (χ2n) is 6.67. The third kappa shape index (κ3) is 4.08. The molecule has 0 amide bonds. The van der Waals surface area contributed by atoms with E-state index in [2.05, 4.69) is 15.1 Å². The molecule has 142 valence electrons. The van der Waals surface area contributed by atoms with Crippen LogP contribution < -0.4 is 4.74 Å². The van der Waals surface area contributed by atoms with Crippen molar-refractivity contribution in [2.45, 2.75) is 25.7 Å². The number of hydrogen-bond donors (Lipinski definition) is 1. The van der Waals surface area contributed by atoms with Gasteiger partial charge in [-0.15, -0.1) is 0 Å². The first-order chi connectivity index (χ1) is 12.4. The monoisotopic (exact) mass is 378 g/mol. The molecule has 1 aromatic carbocycles. The number of aromatic nitrogens is 2. The first kappa shape index (κ1) is 18.9. The number of ether oxygens (including phenoxy) is 1. The second-order valence-corrected chi connectivity index (χ2v) is 8.55. The zero-order chi connectivity index (χ0) is 18.7. The van der Waals surface area contributed by atoms with E-state index >= 15 is 0 Å². The van der Waals surface area contributed by atoms with Gasteiger partial charge in [0, 0.05) is 32.7 Å². The Morgan fingerprint density at radius 3 is 2.50 bits per heavy atom. The van der Waals surface area contributed by atoms with E-state index in [9.17, 15) is 8.42 Å². The van der Waals surface area contributed by atoms with E-state index in [1.165, 1.54) is 5.56 Å². The van der Waals surface area contributed by atoms with E-state index in [0.717, 1.165) is 12.3 Å². The molecule has 0 spiro atoms. The van der Waals surface area contributed by atoms with Crippen LogP contribution in [-0.4, -0.2) is 67.2 Å². The predicted octanol–water partition coefficient (Wildman–Crippen LogP) is 1.72. The summed E-state index contributed by atoms with van der Waals surface area (Å²) < 4.78 is 33.0. The van der Waals surface area contributed by atoms with Crippen molar-refractivity contribution in [2.24, 2.45) is 0 Å². The number of piperazine rings is 1. The van der Waals surface area contributed by atoms with E-state index in [4.69, 9.17) is 4.74 Å². The van der Waals surface area contributed by atoms with Gasteiger partial charge >= 0.3 is 0 Å². The van der Waals surface area contributed by atoms with Gasteiger partial charge in [0.05, 0.1) is 11.4 Å². The Balaban J connectivity index is 1.51. The zero-order valence-corrected chi connectivity index (χ0v) is 16.3. The smallest absolute Gasteiger partial charge is 0.246 e. The summed E-state index contributed by atoms with van der Waals surface area (Å²) in [7, 11) is -3.49. The molecule has 1 aromatic heterocycles. The number of benzene rings is 1. The Labute approximate surface area is 155 Å². The van der Waals surface area contributed by atoms with Crippen LogP contribution in [-0.2, 0) is 10.0 Å². The summed E-state index contributed by atoms with van der Waals surface area (Å²) in [6.07, 6.45) is 0. The van der Waals surface area contributed by atoms with E-state index in [0.29, 0.717) is 49.1 Å². The molecule has 1 aliphatic heterocycles. The highest BCUT2D eigenvalue weighted by Crippen LogP contribution is 2.22. The van der Waals surface area contributed by atoms with E-state index < -0.39 is 10.0 Å². The third-order valence-corrected chi connectivity index (χ3v) is 6.82. The lowest BCUT2D eigenvalue weighted by molar-refractivity contribution is 0.159. The van der Waals surface area contributed by atoms with Gasteiger partial charge in [0.2, 0.25) is 10.0 Å². The topological polar surface area (TPSA) is 78.5 Å². The maximum atomic E-state index is 12.9. The first-order valence-corrected chi connectivity index (χ1v) is 10.3. The Kier molecular flexibility index (Phi) is 5.64. The van der Waals surface area contributed by atoms with Crippen molar-refractivity contribution in [3.05, 3.63) is 41.2 Å². The van der Waals surface area contributed by atoms with Crippen molar-refractivity contribution in [2.75, 3.05) is 39.3 Å². The number of hydrogen-bond acceptors (Lipinski definition) is 5. The Bertz CT molecular complexity index is 836. The van der Waals surface area contributed by atoms with Gasteiger partial charge in [0.25, 0.3) is 0 Å². The number of rotatable bonds is 6. The minimum atomic E-state index is -3.49. The number of aryl methyl sites for hydroxylation is 3. The summed E-state index contributed by atoms with van der Waals surface area (Å²) in [6, 6.07) is 7.98. The second kappa shape index (κ2) is 7.77. The van der Waals surface area contributed by atoms with Crippen molar-refractivity contribution in [1.82, 2.24) is 19.4 Å². The lowest BCUT2D eigenvalue weighted by Gasteiger charge is -2.33. The highest BCUT2D eigenvalue weighted by atomic mass is 32.2. The Hall–Kier alpha value is -1.90. The van der Waals surface area contributed by atoms with Crippen LogP contribution in [0, 0.1) is 20.8 Å². The lowest BCUT2D eigenvalue weighted by Crippen LogP contribution is -2.49. The molecule has 2 aromatic rings. The van der Waals surface area contributed by atoms with Gasteiger partial charge in [0.15, 0.2) is 0 Å². The molecule has 1 aliphatic rings. The van der Waals surface area contributed by atoms with Crippen molar-refractivity contribution < 1.29 is 13.2 Å². The molecule has 2 heterocycles. The van der Waals surface area contributed by atoms with E-state index in [1.54, 1.807) is 18.2 Å². The van der Waals surface area contributed by atoms with Gasteiger partial charge in [-0.1, -0.05) is 12.1 Å². The average molecular weight is 378 g/mol. The van der Waals surface area contributed by atoms with Crippen molar-refractivity contribution in [3.63, 3.8) is 0 Å². The summed E-state index contributed by atoms with van der Waals surface area (Å²) in [5.74, 6) is 0.872. The van der Waals surface area contributed by atoms with Crippen LogP contribution in [0.25, 0.3) is 0 Å². The van der Waals surface area contributed by atoms with Crippen LogP contribution in [0.1, 0.15) is 17.0 Å². The molecule has 0 atom stereocenters. The molecule has 0 radical (unpaired) electrons. The van der Waals surface area contributed by atoms with Crippen LogP contribution in [0.2, 0.25) is 0 Å². The van der Waals surface area contributed by atoms with Gasteiger partial charge in [-0.25, -0.2) is 8.42 Å². The van der Waals surface area contributed by atoms with Crippen LogP contribution in [0.15, 0.2) is 29.2 Å². The minimum Gasteiger partial charge on any atom is -0.492 e. The number of nitrogens with one attached hydrogen (secondary N) is 1. The molecule has 0 saturated carbocycles. The Morgan fingerprint density at radius 2 is 1.88 bits per heavy atom. The van der Waals surface area contributed by atoms with E-state index in [1.807, 2.05) is 31.2 Å². The molecule has 26 heavy (non-hydrogen) atoms. The van der Waals surface area contributed by atoms with Crippen molar-refractivity contribution >= 4 is 10.0 Å². The SMILES string of the molecule is Cc1cccc(OCCN2CCN(S(=O)(=O)c3c(C)n[nH]c3C)CC2)c1. The van der Waals surface area contributed by atoms with Crippen LogP contribution in [0.4, 0.5) is 0 Å². The average Bonchev–Trinajstić information content (AvgIpc) is 2.95. The molecular weight excluding hydrogens is 352 g/mol. The number of sulfonamides is 1. The zero-order valence-electron chi connectivity index (χ0n) is 15.5. The molecule has 1 N–H and O–H groups in total. The van der Waals surface area contributed by atoms with E-state index in [-0.39, 0.29) is 0 Å². The normalized spacial score (nSPS) is 16.7. The van der Waals surface area contributed by atoms with Gasteiger partial charge in [-0.05, 0) is 38.5 Å². The Morgan fingerprint density at radius 1 is 1.15 bits per heavy atom. The summed E-state index contributed by atoms with van der Waals surface area (Å²) in [5, 5.41) is 6.77. The fourth-order valence-corrected chi connectivity index (χ4v) is 4.99. The quantitative estimate of drug-likeness (QED) is 0.828. The summed E-state index contributed by atoms with van der Waals surface area (Å²) in [6.45, 7) is 9.24. The summed E-state index contributed by atoms with van der Waals surface area (Å²) >= 11 is 0. The van der Waals surface area contributed by atoms with Gasteiger partial charge in [-0.2, -0.15) is 9.40 Å². The standard InChI is InChI=1S/C18H26N4O3S/c1-14-5-4-6-17(13-14)25-12-11-21-7-9-22(10-8-21)26(23,24)18-15(2)19-20-16(18)3/h4-6,13H,7-12H2,1-3H3,(H,19,20). The molecule has 8 heteroatoms. The number of H-pyrrole nitrogens is 1. The summed E-state index contributed by atoms with van der Waals surface area (Å²) in [5.41, 5.74) is 2.29.